The molecule has 19 heavy (non-hydrogen) atoms. The molecule has 1 N–H and O–H groups in total. The average molecular weight is 289 g/mol. The molecule has 0 fully saturated rings. The van der Waals surface area contributed by atoms with Crippen molar-refractivity contribution in [2.45, 2.75) is 31.9 Å². The number of furan rings is 1. The molecule has 1 rings (SSSR count). The van der Waals surface area contributed by atoms with Crippen LogP contribution in [0.3, 0.4) is 0 Å². The molecule has 0 saturated carbocycles. The lowest BCUT2D eigenvalue weighted by Gasteiger charge is -2.21. The van der Waals surface area contributed by atoms with Gasteiger partial charge >= 0.3 is 0 Å². The Morgan fingerprint density at radius 2 is 2.11 bits per heavy atom. The summed E-state index contributed by atoms with van der Waals surface area (Å²) in [5, 5.41) is -0.267. The summed E-state index contributed by atoms with van der Waals surface area (Å²) >= 11 is 0. The van der Waals surface area contributed by atoms with Crippen molar-refractivity contribution >= 4 is 16.3 Å². The van der Waals surface area contributed by atoms with Crippen LogP contribution < -0.4 is 4.72 Å². The number of rotatable bonds is 8. The lowest BCUT2D eigenvalue weighted by molar-refractivity contribution is 0.109. The van der Waals surface area contributed by atoms with Gasteiger partial charge in [-0.25, -0.2) is 13.1 Å². The molecular formula is C12H19NO5S. The summed E-state index contributed by atoms with van der Waals surface area (Å²) in [4.78, 5) is 10.5. The predicted octanol–water partition coefficient (Wildman–Crippen LogP) is 1.43. The molecule has 1 unspecified atom stereocenters. The highest BCUT2D eigenvalue weighted by molar-refractivity contribution is 7.89. The second-order valence-corrected chi connectivity index (χ2v) is 6.05. The number of carbonyl (C=O) groups is 1. The highest BCUT2D eigenvalue weighted by Gasteiger charge is 2.25. The van der Waals surface area contributed by atoms with Gasteiger partial charge in [-0.15, -0.1) is 0 Å². The molecule has 0 saturated heterocycles. The summed E-state index contributed by atoms with van der Waals surface area (Å²) in [5.41, 5.74) is 0. The lowest BCUT2D eigenvalue weighted by Crippen LogP contribution is -2.41. The van der Waals surface area contributed by atoms with E-state index in [1.807, 2.05) is 20.8 Å². The first-order valence-electron chi connectivity index (χ1n) is 6.05. The largest absolute Gasteiger partial charge is 0.440 e. The normalized spacial score (nSPS) is 13.7. The Hall–Kier alpha value is -1.18. The van der Waals surface area contributed by atoms with E-state index in [9.17, 15) is 13.2 Å². The molecule has 0 aromatic carbocycles. The van der Waals surface area contributed by atoms with Gasteiger partial charge in [0.2, 0.25) is 5.09 Å². The minimum absolute atomic E-state index is 0.0220. The van der Waals surface area contributed by atoms with Crippen molar-refractivity contribution < 1.29 is 22.4 Å². The molecule has 1 aromatic heterocycles. The predicted molar refractivity (Wildman–Crippen MR) is 69.5 cm³/mol. The van der Waals surface area contributed by atoms with E-state index in [1.165, 1.54) is 12.1 Å². The van der Waals surface area contributed by atoms with E-state index >= 15 is 0 Å². The van der Waals surface area contributed by atoms with Crippen molar-refractivity contribution in [1.29, 1.82) is 0 Å². The van der Waals surface area contributed by atoms with E-state index in [0.29, 0.717) is 12.9 Å². The van der Waals surface area contributed by atoms with Gasteiger partial charge in [0.1, 0.15) is 0 Å². The summed E-state index contributed by atoms with van der Waals surface area (Å²) in [5.74, 6) is 0.0492. The molecule has 108 valence electrons. The van der Waals surface area contributed by atoms with Crippen LogP contribution in [0, 0.1) is 5.92 Å². The van der Waals surface area contributed by atoms with Crippen LogP contribution in [0.25, 0.3) is 0 Å². The van der Waals surface area contributed by atoms with Crippen molar-refractivity contribution in [3.63, 3.8) is 0 Å². The smallest absolute Gasteiger partial charge is 0.274 e. The second-order valence-electron chi connectivity index (χ2n) is 4.41. The van der Waals surface area contributed by atoms with Gasteiger partial charge in [0, 0.05) is 12.6 Å². The van der Waals surface area contributed by atoms with Crippen LogP contribution in [0.1, 0.15) is 31.3 Å². The Kier molecular flexibility index (Phi) is 5.71. The highest BCUT2D eigenvalue weighted by Crippen LogP contribution is 2.14. The monoisotopic (exact) mass is 289 g/mol. The molecule has 0 bridgehead atoms. The minimum atomic E-state index is -3.78. The third-order valence-corrected chi connectivity index (χ3v) is 3.96. The second kappa shape index (κ2) is 6.83. The topological polar surface area (TPSA) is 85.6 Å². The Morgan fingerprint density at radius 1 is 1.42 bits per heavy atom. The Balaban J connectivity index is 2.84. The number of nitrogens with one attached hydrogen (secondary N) is 1. The number of hydrogen-bond acceptors (Lipinski definition) is 5. The molecule has 7 heteroatoms. The Bertz CT molecular complexity index is 506. The number of aldehydes is 1. The Morgan fingerprint density at radius 3 is 2.58 bits per heavy atom. The zero-order valence-corrected chi connectivity index (χ0v) is 12.1. The lowest BCUT2D eigenvalue weighted by atomic mass is 10.1. The van der Waals surface area contributed by atoms with Crippen LogP contribution in [0.15, 0.2) is 21.6 Å². The van der Waals surface area contributed by atoms with Gasteiger partial charge in [0.05, 0.1) is 6.61 Å². The first-order chi connectivity index (χ1) is 8.90. The van der Waals surface area contributed by atoms with Crippen molar-refractivity contribution in [2.24, 2.45) is 5.92 Å². The summed E-state index contributed by atoms with van der Waals surface area (Å²) < 4.78 is 36.8. The third kappa shape index (κ3) is 4.45. The van der Waals surface area contributed by atoms with Crippen LogP contribution in [-0.4, -0.2) is 34.0 Å². The summed E-state index contributed by atoms with van der Waals surface area (Å²) in [7, 11) is -3.78. The SMILES string of the molecule is CCOCC(NS(=O)(=O)c1ccc(C=O)o1)C(C)C. The molecule has 0 aliphatic carbocycles. The van der Waals surface area contributed by atoms with Gasteiger partial charge in [-0.2, -0.15) is 0 Å². The fourth-order valence-electron chi connectivity index (χ4n) is 1.41. The van der Waals surface area contributed by atoms with Crippen molar-refractivity contribution in [3.05, 3.63) is 17.9 Å². The van der Waals surface area contributed by atoms with E-state index in [2.05, 4.69) is 4.72 Å². The third-order valence-electron chi connectivity index (χ3n) is 2.60. The molecule has 6 nitrogen and oxygen atoms in total. The number of hydrogen-bond donors (Lipinski definition) is 1. The minimum Gasteiger partial charge on any atom is -0.440 e. The summed E-state index contributed by atoms with van der Waals surface area (Å²) in [6, 6.07) is 2.22. The number of ether oxygens (including phenoxy) is 1. The van der Waals surface area contributed by atoms with Crippen LogP contribution in [-0.2, 0) is 14.8 Å². The molecule has 0 amide bonds. The maximum absolute atomic E-state index is 12.1. The van der Waals surface area contributed by atoms with E-state index in [0.717, 1.165) is 0 Å². The highest BCUT2D eigenvalue weighted by atomic mass is 32.2. The molecule has 1 heterocycles. The maximum atomic E-state index is 12.1. The molecule has 0 spiro atoms. The van der Waals surface area contributed by atoms with Gasteiger partial charge in [-0.1, -0.05) is 13.8 Å². The van der Waals surface area contributed by atoms with Crippen LogP contribution in [0.2, 0.25) is 0 Å². The van der Waals surface area contributed by atoms with Gasteiger partial charge in [-0.3, -0.25) is 4.79 Å². The number of sulfonamides is 1. The standard InChI is InChI=1S/C12H19NO5S/c1-4-17-8-11(9(2)3)13-19(15,16)12-6-5-10(7-14)18-12/h5-7,9,11,13H,4,8H2,1-3H3. The van der Waals surface area contributed by atoms with E-state index in [1.54, 1.807) is 0 Å². The molecule has 1 atom stereocenters. The van der Waals surface area contributed by atoms with Crippen molar-refractivity contribution in [1.82, 2.24) is 4.72 Å². The van der Waals surface area contributed by atoms with E-state index in [4.69, 9.17) is 9.15 Å². The van der Waals surface area contributed by atoms with Crippen molar-refractivity contribution in [2.75, 3.05) is 13.2 Å². The molecule has 1 aromatic rings. The first kappa shape index (κ1) is 15.9. The molecule has 0 aliphatic rings. The van der Waals surface area contributed by atoms with Gasteiger partial charge in [-0.05, 0) is 25.0 Å². The van der Waals surface area contributed by atoms with Crippen LogP contribution in [0.5, 0.6) is 0 Å². The van der Waals surface area contributed by atoms with Gasteiger partial charge < -0.3 is 9.15 Å². The van der Waals surface area contributed by atoms with Crippen molar-refractivity contribution in [3.8, 4) is 0 Å². The zero-order chi connectivity index (χ0) is 14.5. The molecule has 0 aliphatic heterocycles. The summed E-state index contributed by atoms with van der Waals surface area (Å²) in [6.45, 7) is 6.43. The van der Waals surface area contributed by atoms with E-state index in [-0.39, 0.29) is 29.4 Å². The quantitative estimate of drug-likeness (QED) is 0.732. The average Bonchev–Trinajstić information content (AvgIpc) is 2.83. The van der Waals surface area contributed by atoms with Gasteiger partial charge in [0.25, 0.3) is 10.0 Å². The summed E-state index contributed by atoms with van der Waals surface area (Å²) in [6.07, 6.45) is 0.457. The van der Waals surface area contributed by atoms with Crippen LogP contribution >= 0.6 is 0 Å². The van der Waals surface area contributed by atoms with Gasteiger partial charge in [0.15, 0.2) is 12.0 Å². The fourth-order valence-corrected chi connectivity index (χ4v) is 2.71. The zero-order valence-electron chi connectivity index (χ0n) is 11.3. The van der Waals surface area contributed by atoms with Crippen LogP contribution in [0.4, 0.5) is 0 Å². The Labute approximate surface area is 113 Å². The fraction of sp³-hybridized carbons (Fsp3) is 0.583. The number of carbonyl (C=O) groups excluding carboxylic acids is 1. The van der Waals surface area contributed by atoms with E-state index < -0.39 is 10.0 Å². The maximum Gasteiger partial charge on any atom is 0.274 e. The molecular weight excluding hydrogens is 270 g/mol. The molecule has 0 radical (unpaired) electrons. The first-order valence-corrected chi connectivity index (χ1v) is 7.54.